The molecule has 17 heavy (non-hydrogen) atoms. The van der Waals surface area contributed by atoms with Crippen LogP contribution in [0.25, 0.3) is 0 Å². The fourth-order valence-corrected chi connectivity index (χ4v) is 1.37. The molecule has 90 valence electrons. The molecule has 0 aliphatic carbocycles. The lowest BCUT2D eigenvalue weighted by atomic mass is 10.1. The molecular formula is C10H7F2NO4. The van der Waals surface area contributed by atoms with Crippen LogP contribution >= 0.6 is 0 Å². The van der Waals surface area contributed by atoms with Gasteiger partial charge in [0.2, 0.25) is 0 Å². The van der Waals surface area contributed by atoms with Crippen molar-refractivity contribution in [3.05, 3.63) is 35.4 Å². The molecule has 0 spiro atoms. The number of hydroxylamine groups is 2. The minimum atomic E-state index is -2.75. The zero-order chi connectivity index (χ0) is 12.4. The highest BCUT2D eigenvalue weighted by molar-refractivity contribution is 6.20. The first-order valence-corrected chi connectivity index (χ1v) is 4.67. The van der Waals surface area contributed by atoms with Crippen molar-refractivity contribution in [1.29, 1.82) is 0 Å². The number of carbonyl (C=O) groups is 2. The SMILES string of the molecule is O=C1c2ccccc2C(=O)N1OOCC(F)F. The van der Waals surface area contributed by atoms with Crippen LogP contribution in [0, 0.1) is 0 Å². The number of halogens is 2. The molecule has 1 aromatic rings. The van der Waals surface area contributed by atoms with Gasteiger partial charge in [-0.25, -0.2) is 13.7 Å². The summed E-state index contributed by atoms with van der Waals surface area (Å²) in [6, 6.07) is 6.03. The van der Waals surface area contributed by atoms with Crippen LogP contribution in [0.15, 0.2) is 24.3 Å². The van der Waals surface area contributed by atoms with Crippen LogP contribution in [0.3, 0.4) is 0 Å². The predicted molar refractivity (Wildman–Crippen MR) is 50.0 cm³/mol. The van der Waals surface area contributed by atoms with Crippen molar-refractivity contribution in [3.63, 3.8) is 0 Å². The van der Waals surface area contributed by atoms with Crippen LogP contribution in [-0.2, 0) is 9.88 Å². The van der Waals surface area contributed by atoms with E-state index in [0.29, 0.717) is 5.06 Å². The van der Waals surface area contributed by atoms with Crippen LogP contribution in [0.4, 0.5) is 8.78 Å². The number of imide groups is 1. The summed E-state index contributed by atoms with van der Waals surface area (Å²) in [5.41, 5.74) is 0.302. The second-order valence-corrected chi connectivity index (χ2v) is 3.20. The van der Waals surface area contributed by atoms with Gasteiger partial charge in [0.1, 0.15) is 6.61 Å². The number of carbonyl (C=O) groups excluding carboxylic acids is 2. The van der Waals surface area contributed by atoms with Gasteiger partial charge in [0, 0.05) is 0 Å². The van der Waals surface area contributed by atoms with Gasteiger partial charge in [-0.2, -0.15) is 0 Å². The lowest BCUT2D eigenvalue weighted by molar-refractivity contribution is -0.393. The lowest BCUT2D eigenvalue weighted by Gasteiger charge is -2.10. The fraction of sp³-hybridized carbons (Fsp3) is 0.200. The molecule has 2 rings (SSSR count). The topological polar surface area (TPSA) is 55.8 Å². The Bertz CT molecular complexity index is 428. The second-order valence-electron chi connectivity index (χ2n) is 3.20. The van der Waals surface area contributed by atoms with Gasteiger partial charge in [-0.1, -0.05) is 12.1 Å². The summed E-state index contributed by atoms with van der Waals surface area (Å²) in [6.07, 6.45) is -2.75. The van der Waals surface area contributed by atoms with Gasteiger partial charge in [0.05, 0.1) is 11.1 Å². The molecule has 1 heterocycles. The maximum Gasteiger partial charge on any atom is 0.288 e. The van der Waals surface area contributed by atoms with Crippen LogP contribution in [-0.4, -0.2) is 29.9 Å². The van der Waals surface area contributed by atoms with Crippen molar-refractivity contribution in [2.24, 2.45) is 0 Å². The number of hydrogen-bond donors (Lipinski definition) is 0. The Balaban J connectivity index is 2.08. The maximum atomic E-state index is 11.8. The lowest BCUT2D eigenvalue weighted by Crippen LogP contribution is -2.30. The quantitative estimate of drug-likeness (QED) is 0.456. The van der Waals surface area contributed by atoms with E-state index in [2.05, 4.69) is 9.88 Å². The third kappa shape index (κ3) is 2.15. The number of rotatable bonds is 4. The molecule has 0 unspecified atom stereocenters. The van der Waals surface area contributed by atoms with Crippen molar-refractivity contribution in [3.8, 4) is 0 Å². The highest BCUT2D eigenvalue weighted by atomic mass is 19.3. The van der Waals surface area contributed by atoms with Gasteiger partial charge in [-0.05, 0) is 12.1 Å². The Morgan fingerprint density at radius 2 is 1.65 bits per heavy atom. The highest BCUT2D eigenvalue weighted by Crippen LogP contribution is 2.22. The molecule has 0 saturated heterocycles. The molecule has 0 bridgehead atoms. The molecule has 2 amide bonds. The van der Waals surface area contributed by atoms with E-state index in [4.69, 9.17) is 0 Å². The average Bonchev–Trinajstić information content (AvgIpc) is 2.54. The van der Waals surface area contributed by atoms with E-state index in [0.717, 1.165) is 0 Å². The van der Waals surface area contributed by atoms with Crippen LogP contribution < -0.4 is 0 Å². The molecule has 1 aliphatic heterocycles. The number of amides is 2. The van der Waals surface area contributed by atoms with Crippen molar-refractivity contribution in [2.45, 2.75) is 6.43 Å². The Kier molecular flexibility index (Phi) is 3.12. The molecule has 0 N–H and O–H groups in total. The number of hydrogen-bond acceptors (Lipinski definition) is 4. The van der Waals surface area contributed by atoms with Gasteiger partial charge in [-0.3, -0.25) is 9.59 Å². The van der Waals surface area contributed by atoms with Gasteiger partial charge in [0.25, 0.3) is 18.2 Å². The van der Waals surface area contributed by atoms with Crippen LogP contribution in [0.5, 0.6) is 0 Å². The van der Waals surface area contributed by atoms with Crippen LogP contribution in [0.1, 0.15) is 20.7 Å². The Morgan fingerprint density at radius 1 is 1.12 bits per heavy atom. The van der Waals surface area contributed by atoms with Crippen LogP contribution in [0.2, 0.25) is 0 Å². The summed E-state index contributed by atoms with van der Waals surface area (Å²) in [5, 5.41) is 0.313. The van der Waals surface area contributed by atoms with E-state index < -0.39 is 24.8 Å². The third-order valence-corrected chi connectivity index (χ3v) is 2.08. The number of nitrogens with zero attached hydrogens (tertiary/aromatic N) is 1. The minimum Gasteiger partial charge on any atom is -0.266 e. The Hall–Kier alpha value is -1.86. The summed E-state index contributed by atoms with van der Waals surface area (Å²) in [6.45, 7) is -1.02. The molecule has 7 heteroatoms. The molecule has 1 aliphatic rings. The highest BCUT2D eigenvalue weighted by Gasteiger charge is 2.37. The predicted octanol–water partition coefficient (Wildman–Crippen LogP) is 1.41. The van der Waals surface area contributed by atoms with Gasteiger partial charge in [-0.15, -0.1) is 10.1 Å². The monoisotopic (exact) mass is 243 g/mol. The molecule has 0 saturated carbocycles. The zero-order valence-electron chi connectivity index (χ0n) is 8.43. The first kappa shape index (κ1) is 11.6. The normalized spacial score (nSPS) is 14.6. The summed E-state index contributed by atoms with van der Waals surface area (Å²) >= 11 is 0. The number of fused-ring (bicyclic) bond motifs is 1. The third-order valence-electron chi connectivity index (χ3n) is 2.08. The second kappa shape index (κ2) is 4.56. The molecule has 5 nitrogen and oxygen atoms in total. The summed E-state index contributed by atoms with van der Waals surface area (Å²) in [5.74, 6) is -1.47. The first-order valence-electron chi connectivity index (χ1n) is 4.67. The van der Waals surface area contributed by atoms with Crippen molar-refractivity contribution >= 4 is 11.8 Å². The Morgan fingerprint density at radius 3 is 2.12 bits per heavy atom. The van der Waals surface area contributed by atoms with E-state index in [1.807, 2.05) is 0 Å². The summed E-state index contributed by atoms with van der Waals surface area (Å²) < 4.78 is 23.5. The average molecular weight is 243 g/mol. The minimum absolute atomic E-state index is 0.151. The molecule has 0 atom stereocenters. The first-order chi connectivity index (χ1) is 8.11. The summed E-state index contributed by atoms with van der Waals surface area (Å²) in [4.78, 5) is 31.6. The Labute approximate surface area is 94.4 Å². The smallest absolute Gasteiger partial charge is 0.266 e. The molecule has 0 radical (unpaired) electrons. The van der Waals surface area contributed by atoms with E-state index >= 15 is 0 Å². The molecule has 0 aromatic heterocycles. The standard InChI is InChI=1S/C10H7F2NO4/c11-8(12)5-16-17-13-9(14)6-3-1-2-4-7(6)10(13)15/h1-4,8H,5H2. The van der Waals surface area contributed by atoms with Gasteiger partial charge < -0.3 is 0 Å². The van der Waals surface area contributed by atoms with Crippen molar-refractivity contribution in [2.75, 3.05) is 6.61 Å². The van der Waals surface area contributed by atoms with E-state index in [1.165, 1.54) is 12.1 Å². The fourth-order valence-electron chi connectivity index (χ4n) is 1.37. The molecule has 1 aromatic carbocycles. The molecule has 0 fully saturated rings. The van der Waals surface area contributed by atoms with Crippen molar-refractivity contribution < 1.29 is 28.2 Å². The van der Waals surface area contributed by atoms with E-state index in [1.54, 1.807) is 12.1 Å². The van der Waals surface area contributed by atoms with E-state index in [-0.39, 0.29) is 11.1 Å². The van der Waals surface area contributed by atoms with E-state index in [9.17, 15) is 18.4 Å². The largest absolute Gasteiger partial charge is 0.288 e. The van der Waals surface area contributed by atoms with Gasteiger partial charge in [0.15, 0.2) is 0 Å². The maximum absolute atomic E-state index is 11.8. The van der Waals surface area contributed by atoms with Gasteiger partial charge >= 0.3 is 0 Å². The molecular weight excluding hydrogens is 236 g/mol. The number of alkyl halides is 2. The number of benzene rings is 1. The van der Waals surface area contributed by atoms with Crippen molar-refractivity contribution in [1.82, 2.24) is 5.06 Å². The zero-order valence-corrected chi connectivity index (χ0v) is 8.43. The summed E-state index contributed by atoms with van der Waals surface area (Å²) in [7, 11) is 0.